The summed E-state index contributed by atoms with van der Waals surface area (Å²) in [7, 11) is -3.67. The quantitative estimate of drug-likeness (QED) is 0.894. The van der Waals surface area contributed by atoms with Gasteiger partial charge < -0.3 is 5.73 Å². The Kier molecular flexibility index (Phi) is 5.26. The average molecular weight is 325 g/mol. The predicted molar refractivity (Wildman–Crippen MR) is 79.0 cm³/mol. The normalized spacial score (nSPS) is 12.7. The van der Waals surface area contributed by atoms with Gasteiger partial charge in [-0.15, -0.1) is 0 Å². The van der Waals surface area contributed by atoms with Crippen molar-refractivity contribution in [2.45, 2.75) is 32.2 Å². The van der Waals surface area contributed by atoms with Crippen LogP contribution in [0.25, 0.3) is 0 Å². The predicted octanol–water partition coefficient (Wildman–Crippen LogP) is 2.78. The van der Waals surface area contributed by atoms with E-state index in [1.807, 2.05) is 20.8 Å². The van der Waals surface area contributed by atoms with Gasteiger partial charge in [0.15, 0.2) is 0 Å². The van der Waals surface area contributed by atoms with Crippen LogP contribution < -0.4 is 10.5 Å². The fourth-order valence-electron chi connectivity index (χ4n) is 1.32. The zero-order valence-electron chi connectivity index (χ0n) is 11.1. The molecule has 4 nitrogen and oxygen atoms in total. The molecule has 0 amide bonds. The number of benzene rings is 1. The van der Waals surface area contributed by atoms with Crippen LogP contribution in [0.4, 0.5) is 0 Å². The van der Waals surface area contributed by atoms with Crippen LogP contribution in [0.15, 0.2) is 17.0 Å². The van der Waals surface area contributed by atoms with Gasteiger partial charge in [-0.25, -0.2) is 13.1 Å². The molecule has 0 aliphatic heterocycles. The van der Waals surface area contributed by atoms with Gasteiger partial charge >= 0.3 is 0 Å². The Labute approximate surface area is 124 Å². The first kappa shape index (κ1) is 16.7. The van der Waals surface area contributed by atoms with Crippen LogP contribution in [0.3, 0.4) is 0 Å². The van der Waals surface area contributed by atoms with E-state index in [4.69, 9.17) is 28.9 Å². The Bertz CT molecular complexity index is 566. The van der Waals surface area contributed by atoms with Crippen LogP contribution in [-0.4, -0.2) is 15.0 Å². The molecule has 0 aliphatic carbocycles. The molecule has 0 fully saturated rings. The lowest BCUT2D eigenvalue weighted by molar-refractivity contribution is 0.407. The molecule has 3 N–H and O–H groups in total. The van der Waals surface area contributed by atoms with Gasteiger partial charge in [-0.2, -0.15) is 0 Å². The van der Waals surface area contributed by atoms with Crippen LogP contribution in [0.5, 0.6) is 0 Å². The van der Waals surface area contributed by atoms with Crippen molar-refractivity contribution < 1.29 is 8.42 Å². The van der Waals surface area contributed by atoms with Crippen molar-refractivity contribution in [2.24, 2.45) is 11.1 Å². The summed E-state index contributed by atoms with van der Waals surface area (Å²) in [6.07, 6.45) is 0. The van der Waals surface area contributed by atoms with E-state index in [9.17, 15) is 8.42 Å². The van der Waals surface area contributed by atoms with Crippen molar-refractivity contribution in [3.63, 3.8) is 0 Å². The highest BCUT2D eigenvalue weighted by atomic mass is 35.5. The minimum Gasteiger partial charge on any atom is -0.326 e. The standard InChI is InChI=1S/C12H18Cl2N2O2S/c1-12(2,3)7-16-19(17,18)11-4-8(6-15)9(13)5-10(11)14/h4-5,16H,6-7,15H2,1-3H3. The topological polar surface area (TPSA) is 72.2 Å². The molecule has 0 bridgehead atoms. The van der Waals surface area contributed by atoms with Crippen LogP contribution in [-0.2, 0) is 16.6 Å². The van der Waals surface area contributed by atoms with E-state index >= 15 is 0 Å². The largest absolute Gasteiger partial charge is 0.326 e. The zero-order chi connectivity index (χ0) is 14.8. The summed E-state index contributed by atoms with van der Waals surface area (Å²) in [5.74, 6) is 0. The van der Waals surface area contributed by atoms with Crippen LogP contribution >= 0.6 is 23.2 Å². The van der Waals surface area contributed by atoms with Gasteiger partial charge in [0.2, 0.25) is 10.0 Å². The number of halogens is 2. The zero-order valence-corrected chi connectivity index (χ0v) is 13.5. The maximum atomic E-state index is 12.2. The molecule has 7 heteroatoms. The lowest BCUT2D eigenvalue weighted by Gasteiger charge is -2.19. The fourth-order valence-corrected chi connectivity index (χ4v) is 3.48. The van der Waals surface area contributed by atoms with Gasteiger partial charge in [0.25, 0.3) is 0 Å². The van der Waals surface area contributed by atoms with Gasteiger partial charge in [-0.3, -0.25) is 0 Å². The summed E-state index contributed by atoms with van der Waals surface area (Å²) in [4.78, 5) is 0.00302. The number of rotatable bonds is 4. The molecule has 0 atom stereocenters. The lowest BCUT2D eigenvalue weighted by Crippen LogP contribution is -2.32. The van der Waals surface area contributed by atoms with E-state index in [0.29, 0.717) is 17.1 Å². The van der Waals surface area contributed by atoms with E-state index in [1.54, 1.807) is 0 Å². The Morgan fingerprint density at radius 1 is 1.21 bits per heavy atom. The van der Waals surface area contributed by atoms with Gasteiger partial charge in [-0.1, -0.05) is 44.0 Å². The monoisotopic (exact) mass is 324 g/mol. The Morgan fingerprint density at radius 3 is 2.26 bits per heavy atom. The van der Waals surface area contributed by atoms with Crippen LogP contribution in [0.2, 0.25) is 10.0 Å². The molecule has 0 unspecified atom stereocenters. The van der Waals surface area contributed by atoms with E-state index in [1.165, 1.54) is 12.1 Å². The van der Waals surface area contributed by atoms with Crippen molar-refractivity contribution >= 4 is 33.2 Å². The van der Waals surface area contributed by atoms with E-state index in [0.717, 1.165) is 0 Å². The highest BCUT2D eigenvalue weighted by Gasteiger charge is 2.22. The van der Waals surface area contributed by atoms with Crippen molar-refractivity contribution in [1.82, 2.24) is 4.72 Å². The fraction of sp³-hybridized carbons (Fsp3) is 0.500. The van der Waals surface area contributed by atoms with E-state index < -0.39 is 10.0 Å². The number of hydrogen-bond donors (Lipinski definition) is 2. The van der Waals surface area contributed by atoms with Gasteiger partial charge in [0.1, 0.15) is 4.90 Å². The molecule has 0 aromatic heterocycles. The third kappa shape index (κ3) is 4.61. The van der Waals surface area contributed by atoms with Gasteiger partial charge in [0, 0.05) is 18.1 Å². The number of hydrogen-bond acceptors (Lipinski definition) is 3. The smallest absolute Gasteiger partial charge is 0.242 e. The van der Waals surface area contributed by atoms with Gasteiger partial charge in [-0.05, 0) is 23.1 Å². The molecule has 0 heterocycles. The molecule has 1 aromatic carbocycles. The summed E-state index contributed by atoms with van der Waals surface area (Å²) in [6, 6.07) is 2.81. The first-order valence-electron chi connectivity index (χ1n) is 5.74. The first-order chi connectivity index (χ1) is 8.57. The summed E-state index contributed by atoms with van der Waals surface area (Å²) >= 11 is 11.9. The van der Waals surface area contributed by atoms with Gasteiger partial charge in [0.05, 0.1) is 5.02 Å². The summed E-state index contributed by atoms with van der Waals surface area (Å²) in [5.41, 5.74) is 5.89. The number of nitrogens with two attached hydrogens (primary N) is 1. The molecule has 0 saturated carbocycles. The minimum atomic E-state index is -3.67. The molecule has 0 radical (unpaired) electrons. The molecular weight excluding hydrogens is 307 g/mol. The average Bonchev–Trinajstić information content (AvgIpc) is 2.25. The Morgan fingerprint density at radius 2 is 1.79 bits per heavy atom. The number of sulfonamides is 1. The summed E-state index contributed by atoms with van der Waals surface area (Å²) in [6.45, 7) is 6.27. The molecule has 19 heavy (non-hydrogen) atoms. The molecule has 0 saturated heterocycles. The molecule has 108 valence electrons. The molecular formula is C12H18Cl2N2O2S. The van der Waals surface area contributed by atoms with Crippen molar-refractivity contribution in [1.29, 1.82) is 0 Å². The van der Waals surface area contributed by atoms with Crippen LogP contribution in [0, 0.1) is 5.41 Å². The second-order valence-corrected chi connectivity index (χ2v) is 8.01. The second kappa shape index (κ2) is 5.97. The van der Waals surface area contributed by atoms with Crippen molar-refractivity contribution in [3.05, 3.63) is 27.7 Å². The van der Waals surface area contributed by atoms with Crippen LogP contribution in [0.1, 0.15) is 26.3 Å². The van der Waals surface area contributed by atoms with Crippen molar-refractivity contribution in [3.8, 4) is 0 Å². The highest BCUT2D eigenvalue weighted by molar-refractivity contribution is 7.89. The number of nitrogens with one attached hydrogen (secondary N) is 1. The third-order valence-corrected chi connectivity index (χ3v) is 4.62. The first-order valence-corrected chi connectivity index (χ1v) is 7.98. The maximum Gasteiger partial charge on any atom is 0.242 e. The molecule has 0 spiro atoms. The maximum absolute atomic E-state index is 12.2. The summed E-state index contributed by atoms with van der Waals surface area (Å²) < 4.78 is 26.9. The summed E-state index contributed by atoms with van der Waals surface area (Å²) in [5, 5.41) is 0.450. The molecule has 1 aromatic rings. The minimum absolute atomic E-state index is 0.00302. The van der Waals surface area contributed by atoms with E-state index in [-0.39, 0.29) is 21.9 Å². The van der Waals surface area contributed by atoms with Crippen molar-refractivity contribution in [2.75, 3.05) is 6.54 Å². The Balaban J connectivity index is 3.14. The SMILES string of the molecule is CC(C)(C)CNS(=O)(=O)c1cc(CN)c(Cl)cc1Cl. The highest BCUT2D eigenvalue weighted by Crippen LogP contribution is 2.28. The second-order valence-electron chi connectivity index (χ2n) is 5.46. The molecule has 1 rings (SSSR count). The lowest BCUT2D eigenvalue weighted by atomic mass is 9.98. The van der Waals surface area contributed by atoms with E-state index in [2.05, 4.69) is 4.72 Å². The Hall–Kier alpha value is -0.330. The third-order valence-electron chi connectivity index (χ3n) is 2.40. The molecule has 0 aliphatic rings.